The monoisotopic (exact) mass is 288 g/mol. The van der Waals surface area contributed by atoms with Crippen molar-refractivity contribution in [3.63, 3.8) is 0 Å². The van der Waals surface area contributed by atoms with Crippen LogP contribution < -0.4 is 15.4 Å². The van der Waals surface area contributed by atoms with Crippen molar-refractivity contribution in [3.05, 3.63) is 59.9 Å². The van der Waals surface area contributed by atoms with E-state index < -0.39 is 0 Å². The highest BCUT2D eigenvalue weighted by atomic mass is 19.1. The van der Waals surface area contributed by atoms with Crippen LogP contribution >= 0.6 is 0 Å². The number of benzene rings is 2. The Morgan fingerprint density at radius 2 is 1.81 bits per heavy atom. The molecule has 0 aliphatic carbocycles. The van der Waals surface area contributed by atoms with Gasteiger partial charge in [0, 0.05) is 13.1 Å². The highest BCUT2D eigenvalue weighted by Crippen LogP contribution is 2.29. The van der Waals surface area contributed by atoms with Crippen molar-refractivity contribution in [1.29, 1.82) is 0 Å². The van der Waals surface area contributed by atoms with Gasteiger partial charge < -0.3 is 15.4 Å². The van der Waals surface area contributed by atoms with Gasteiger partial charge in [-0.3, -0.25) is 0 Å². The maximum absolute atomic E-state index is 13.0. The Morgan fingerprint density at radius 3 is 2.48 bits per heavy atom. The third kappa shape index (κ3) is 4.20. The van der Waals surface area contributed by atoms with Crippen LogP contribution in [0.4, 0.5) is 10.1 Å². The molecule has 0 spiro atoms. The second-order valence-electron chi connectivity index (χ2n) is 4.86. The Hall–Kier alpha value is -2.07. The molecule has 0 saturated carbocycles. The average Bonchev–Trinajstić information content (AvgIpc) is 2.53. The van der Waals surface area contributed by atoms with Crippen LogP contribution in [0.5, 0.6) is 5.75 Å². The molecular weight excluding hydrogens is 267 g/mol. The quantitative estimate of drug-likeness (QED) is 0.850. The number of hydrogen-bond donors (Lipinski definition) is 1. The Kier molecular flexibility index (Phi) is 5.58. The van der Waals surface area contributed by atoms with Crippen LogP contribution in [0.15, 0.2) is 48.5 Å². The maximum atomic E-state index is 13.0. The summed E-state index contributed by atoms with van der Waals surface area (Å²) in [7, 11) is 1.66. The lowest BCUT2D eigenvalue weighted by Gasteiger charge is -2.26. The summed E-state index contributed by atoms with van der Waals surface area (Å²) in [4.78, 5) is 2.21. The maximum Gasteiger partial charge on any atom is 0.142 e. The molecule has 0 heterocycles. The van der Waals surface area contributed by atoms with Crippen molar-refractivity contribution >= 4 is 5.69 Å². The van der Waals surface area contributed by atoms with E-state index in [9.17, 15) is 4.39 Å². The van der Waals surface area contributed by atoms with Crippen molar-refractivity contribution in [2.75, 3.05) is 25.1 Å². The number of rotatable bonds is 7. The Labute approximate surface area is 125 Å². The Morgan fingerprint density at radius 1 is 1.10 bits per heavy atom. The number of hydrogen-bond acceptors (Lipinski definition) is 3. The summed E-state index contributed by atoms with van der Waals surface area (Å²) in [5, 5.41) is 0. The topological polar surface area (TPSA) is 38.5 Å². The zero-order valence-corrected chi connectivity index (χ0v) is 12.3. The van der Waals surface area contributed by atoms with E-state index in [1.54, 1.807) is 19.2 Å². The molecule has 0 radical (unpaired) electrons. The highest BCUT2D eigenvalue weighted by Gasteiger charge is 2.11. The van der Waals surface area contributed by atoms with Gasteiger partial charge in [0.25, 0.3) is 0 Å². The highest BCUT2D eigenvalue weighted by molar-refractivity contribution is 5.58. The molecule has 2 aromatic rings. The minimum atomic E-state index is -0.218. The molecule has 112 valence electrons. The smallest absolute Gasteiger partial charge is 0.142 e. The van der Waals surface area contributed by atoms with E-state index in [0.717, 1.165) is 30.0 Å². The molecule has 2 aromatic carbocycles. The molecule has 2 N–H and O–H groups in total. The van der Waals surface area contributed by atoms with E-state index in [0.29, 0.717) is 13.1 Å². The fourth-order valence-corrected chi connectivity index (χ4v) is 2.27. The van der Waals surface area contributed by atoms with E-state index in [4.69, 9.17) is 10.5 Å². The average molecular weight is 288 g/mol. The summed E-state index contributed by atoms with van der Waals surface area (Å²) in [5.74, 6) is 0.612. The van der Waals surface area contributed by atoms with Gasteiger partial charge in [0.2, 0.25) is 0 Å². The summed E-state index contributed by atoms with van der Waals surface area (Å²) in [6, 6.07) is 14.5. The van der Waals surface area contributed by atoms with Gasteiger partial charge in [-0.1, -0.05) is 24.3 Å². The van der Waals surface area contributed by atoms with Gasteiger partial charge in [-0.2, -0.15) is 0 Å². The molecule has 0 bridgehead atoms. The lowest BCUT2D eigenvalue weighted by Crippen LogP contribution is -2.26. The second kappa shape index (κ2) is 7.64. The number of nitrogens with two attached hydrogens (primary N) is 1. The lowest BCUT2D eigenvalue weighted by atomic mass is 10.1. The molecule has 0 saturated heterocycles. The van der Waals surface area contributed by atoms with Gasteiger partial charge in [0.15, 0.2) is 0 Å². The molecule has 0 aliphatic rings. The first-order valence-electron chi connectivity index (χ1n) is 7.07. The van der Waals surface area contributed by atoms with Crippen LogP contribution in [-0.2, 0) is 6.54 Å². The predicted octanol–water partition coefficient (Wildman–Crippen LogP) is 3.19. The first kappa shape index (κ1) is 15.3. The molecule has 0 fully saturated rings. The standard InChI is InChI=1S/C17H21FN2O/c1-21-17-6-3-2-5-16(17)20(12-4-11-19)13-14-7-9-15(18)10-8-14/h2-3,5-10H,4,11-13,19H2,1H3. The van der Waals surface area contributed by atoms with Gasteiger partial charge in [0.1, 0.15) is 11.6 Å². The molecule has 0 unspecified atom stereocenters. The SMILES string of the molecule is COc1ccccc1N(CCCN)Cc1ccc(F)cc1. The molecule has 4 heteroatoms. The molecule has 3 nitrogen and oxygen atoms in total. The fourth-order valence-electron chi connectivity index (χ4n) is 2.27. The van der Waals surface area contributed by atoms with E-state index >= 15 is 0 Å². The van der Waals surface area contributed by atoms with Crippen LogP contribution in [0.25, 0.3) is 0 Å². The molecule has 0 atom stereocenters. The molecule has 0 aliphatic heterocycles. The zero-order valence-electron chi connectivity index (χ0n) is 12.3. The first-order chi connectivity index (χ1) is 10.2. The van der Waals surface area contributed by atoms with Crippen LogP contribution in [0.1, 0.15) is 12.0 Å². The number of nitrogens with zero attached hydrogens (tertiary/aromatic N) is 1. The third-order valence-corrected chi connectivity index (χ3v) is 3.34. The van der Waals surface area contributed by atoms with Gasteiger partial charge in [-0.15, -0.1) is 0 Å². The van der Waals surface area contributed by atoms with Crippen LogP contribution in [-0.4, -0.2) is 20.2 Å². The van der Waals surface area contributed by atoms with Crippen LogP contribution in [0, 0.1) is 5.82 Å². The fraction of sp³-hybridized carbons (Fsp3) is 0.294. The van der Waals surface area contributed by atoms with Crippen molar-refractivity contribution in [2.45, 2.75) is 13.0 Å². The van der Waals surface area contributed by atoms with E-state index in [-0.39, 0.29) is 5.82 Å². The lowest BCUT2D eigenvalue weighted by molar-refractivity contribution is 0.414. The van der Waals surface area contributed by atoms with Crippen LogP contribution in [0.2, 0.25) is 0 Å². The zero-order chi connectivity index (χ0) is 15.1. The number of para-hydroxylation sites is 2. The number of methoxy groups -OCH3 is 1. The minimum Gasteiger partial charge on any atom is -0.495 e. The van der Waals surface area contributed by atoms with Crippen LogP contribution in [0.3, 0.4) is 0 Å². The van der Waals surface area contributed by atoms with Gasteiger partial charge >= 0.3 is 0 Å². The molecular formula is C17H21FN2O. The Balaban J connectivity index is 2.23. The van der Waals surface area contributed by atoms with Gasteiger partial charge in [-0.05, 0) is 42.8 Å². The Bertz CT molecular complexity index is 557. The normalized spacial score (nSPS) is 10.4. The summed E-state index contributed by atoms with van der Waals surface area (Å²) in [5.41, 5.74) is 7.71. The third-order valence-electron chi connectivity index (χ3n) is 3.34. The molecule has 0 aromatic heterocycles. The van der Waals surface area contributed by atoms with E-state index in [2.05, 4.69) is 4.90 Å². The summed E-state index contributed by atoms with van der Waals surface area (Å²) in [6.07, 6.45) is 0.888. The van der Waals surface area contributed by atoms with Gasteiger partial charge in [-0.25, -0.2) is 4.39 Å². The van der Waals surface area contributed by atoms with E-state index in [1.165, 1.54) is 12.1 Å². The van der Waals surface area contributed by atoms with Crippen molar-refractivity contribution in [3.8, 4) is 5.75 Å². The second-order valence-corrected chi connectivity index (χ2v) is 4.86. The van der Waals surface area contributed by atoms with Crippen molar-refractivity contribution < 1.29 is 9.13 Å². The van der Waals surface area contributed by atoms with Gasteiger partial charge in [0.05, 0.1) is 12.8 Å². The predicted molar refractivity (Wildman–Crippen MR) is 84.1 cm³/mol. The van der Waals surface area contributed by atoms with Crippen molar-refractivity contribution in [2.24, 2.45) is 5.73 Å². The molecule has 21 heavy (non-hydrogen) atoms. The first-order valence-corrected chi connectivity index (χ1v) is 7.07. The van der Waals surface area contributed by atoms with Crippen molar-refractivity contribution in [1.82, 2.24) is 0 Å². The summed E-state index contributed by atoms with van der Waals surface area (Å²) >= 11 is 0. The number of anilines is 1. The number of halogens is 1. The largest absolute Gasteiger partial charge is 0.495 e. The molecule has 2 rings (SSSR count). The number of ether oxygens (including phenoxy) is 1. The molecule has 0 amide bonds. The summed E-state index contributed by atoms with van der Waals surface area (Å²) < 4.78 is 18.4. The summed E-state index contributed by atoms with van der Waals surface area (Å²) in [6.45, 7) is 2.16. The van der Waals surface area contributed by atoms with E-state index in [1.807, 2.05) is 24.3 Å². The minimum absolute atomic E-state index is 0.218.